The van der Waals surface area contributed by atoms with Crippen molar-refractivity contribution in [2.24, 2.45) is 11.8 Å². The van der Waals surface area contributed by atoms with E-state index in [-0.39, 0.29) is 18.3 Å². The van der Waals surface area contributed by atoms with E-state index in [1.807, 2.05) is 6.92 Å². The van der Waals surface area contributed by atoms with Gasteiger partial charge < -0.3 is 15.0 Å². The van der Waals surface area contributed by atoms with Crippen LogP contribution in [-0.4, -0.2) is 50.2 Å². The number of carbonyl (C=O) groups is 1. The molecule has 2 fully saturated rings. The molecule has 5 heteroatoms. The van der Waals surface area contributed by atoms with Crippen molar-refractivity contribution in [3.05, 3.63) is 0 Å². The molecular formula is C13H25ClN2O2. The Morgan fingerprint density at radius 3 is 2.94 bits per heavy atom. The summed E-state index contributed by atoms with van der Waals surface area (Å²) in [6.07, 6.45) is 3.34. The lowest BCUT2D eigenvalue weighted by molar-refractivity contribution is -0.137. The average Bonchev–Trinajstić information content (AvgIpc) is 2.89. The van der Waals surface area contributed by atoms with Gasteiger partial charge in [0, 0.05) is 26.2 Å². The van der Waals surface area contributed by atoms with E-state index in [1.165, 1.54) is 6.42 Å². The zero-order valence-corrected chi connectivity index (χ0v) is 12.0. The van der Waals surface area contributed by atoms with Crippen LogP contribution in [0.15, 0.2) is 0 Å². The van der Waals surface area contributed by atoms with Crippen LogP contribution >= 0.6 is 12.4 Å². The van der Waals surface area contributed by atoms with Crippen molar-refractivity contribution in [2.45, 2.75) is 26.2 Å². The Morgan fingerprint density at radius 2 is 2.28 bits per heavy atom. The molecule has 0 aromatic carbocycles. The summed E-state index contributed by atoms with van der Waals surface area (Å²) in [5.74, 6) is 1.12. The molecule has 106 valence electrons. The minimum Gasteiger partial charge on any atom is -0.381 e. The predicted molar refractivity (Wildman–Crippen MR) is 74.0 cm³/mol. The molecule has 2 unspecified atom stereocenters. The number of hydrogen-bond donors (Lipinski definition) is 1. The van der Waals surface area contributed by atoms with Crippen LogP contribution in [0.1, 0.15) is 26.2 Å². The summed E-state index contributed by atoms with van der Waals surface area (Å²) in [7, 11) is 0. The minimum absolute atomic E-state index is 0. The van der Waals surface area contributed by atoms with Gasteiger partial charge in [-0.25, -0.2) is 0 Å². The molecule has 2 heterocycles. The summed E-state index contributed by atoms with van der Waals surface area (Å²) in [6, 6.07) is 0. The highest BCUT2D eigenvalue weighted by molar-refractivity contribution is 5.85. The number of piperidine rings is 1. The Balaban J connectivity index is 0.00000162. The first-order valence-corrected chi connectivity index (χ1v) is 6.88. The standard InChI is InChI=1S/C13H24N2O2.ClH/c1-2-17-10-11-4-3-7-15(9-11)13(16)12-5-6-14-8-12;/h11-12,14H,2-10H2,1H3;1H. The molecule has 4 nitrogen and oxygen atoms in total. The number of nitrogens with zero attached hydrogens (tertiary/aromatic N) is 1. The highest BCUT2D eigenvalue weighted by Gasteiger charge is 2.30. The Morgan fingerprint density at radius 1 is 1.44 bits per heavy atom. The fraction of sp³-hybridized carbons (Fsp3) is 0.923. The second kappa shape index (κ2) is 7.97. The minimum atomic E-state index is 0. The lowest BCUT2D eigenvalue weighted by Crippen LogP contribution is -2.44. The van der Waals surface area contributed by atoms with Crippen LogP contribution in [0.3, 0.4) is 0 Å². The Hall–Kier alpha value is -0.320. The normalized spacial score (nSPS) is 27.9. The molecule has 2 saturated heterocycles. The average molecular weight is 277 g/mol. The predicted octanol–water partition coefficient (Wildman–Crippen LogP) is 1.29. The molecule has 18 heavy (non-hydrogen) atoms. The molecule has 0 saturated carbocycles. The second-order valence-electron chi connectivity index (χ2n) is 5.14. The summed E-state index contributed by atoms with van der Waals surface area (Å²) in [5.41, 5.74) is 0. The molecule has 0 spiro atoms. The van der Waals surface area contributed by atoms with Gasteiger partial charge in [0.05, 0.1) is 12.5 Å². The third-order valence-electron chi connectivity index (χ3n) is 3.80. The maximum atomic E-state index is 12.3. The summed E-state index contributed by atoms with van der Waals surface area (Å²) >= 11 is 0. The first-order chi connectivity index (χ1) is 8.31. The van der Waals surface area contributed by atoms with Crippen LogP contribution in [0.2, 0.25) is 0 Å². The van der Waals surface area contributed by atoms with Crippen molar-refractivity contribution in [1.82, 2.24) is 10.2 Å². The van der Waals surface area contributed by atoms with Crippen LogP contribution in [0.25, 0.3) is 0 Å². The molecule has 1 amide bonds. The molecule has 2 atom stereocenters. The number of nitrogens with one attached hydrogen (secondary N) is 1. The molecular weight excluding hydrogens is 252 g/mol. The third kappa shape index (κ3) is 4.11. The second-order valence-corrected chi connectivity index (χ2v) is 5.14. The lowest BCUT2D eigenvalue weighted by atomic mass is 9.97. The monoisotopic (exact) mass is 276 g/mol. The van der Waals surface area contributed by atoms with Crippen molar-refractivity contribution < 1.29 is 9.53 Å². The van der Waals surface area contributed by atoms with Gasteiger partial charge in [-0.15, -0.1) is 12.4 Å². The Labute approximate surface area is 116 Å². The first-order valence-electron chi connectivity index (χ1n) is 6.88. The van der Waals surface area contributed by atoms with Gasteiger partial charge in [-0.2, -0.15) is 0 Å². The van der Waals surface area contributed by atoms with Crippen molar-refractivity contribution in [3.8, 4) is 0 Å². The highest BCUT2D eigenvalue weighted by Crippen LogP contribution is 2.20. The summed E-state index contributed by atoms with van der Waals surface area (Å²) < 4.78 is 5.48. The Bertz CT molecular complexity index is 257. The van der Waals surface area contributed by atoms with Crippen LogP contribution in [0.4, 0.5) is 0 Å². The van der Waals surface area contributed by atoms with E-state index in [9.17, 15) is 4.79 Å². The SMILES string of the molecule is CCOCC1CCCN(C(=O)C2CCNC2)C1.Cl. The van der Waals surface area contributed by atoms with Crippen molar-refractivity contribution in [3.63, 3.8) is 0 Å². The maximum absolute atomic E-state index is 12.3. The zero-order valence-electron chi connectivity index (χ0n) is 11.2. The molecule has 0 radical (unpaired) electrons. The fourth-order valence-corrected chi connectivity index (χ4v) is 2.81. The van der Waals surface area contributed by atoms with E-state index in [2.05, 4.69) is 10.2 Å². The maximum Gasteiger partial charge on any atom is 0.227 e. The van der Waals surface area contributed by atoms with Gasteiger partial charge in [0.2, 0.25) is 5.91 Å². The molecule has 2 aliphatic rings. The summed E-state index contributed by atoms with van der Waals surface area (Å²) in [4.78, 5) is 14.3. The van der Waals surface area contributed by atoms with E-state index in [4.69, 9.17) is 4.74 Å². The quantitative estimate of drug-likeness (QED) is 0.841. The zero-order chi connectivity index (χ0) is 12.1. The van der Waals surface area contributed by atoms with Gasteiger partial charge in [-0.1, -0.05) is 0 Å². The number of amides is 1. The van der Waals surface area contributed by atoms with E-state index < -0.39 is 0 Å². The number of likely N-dealkylation sites (tertiary alicyclic amines) is 1. The lowest BCUT2D eigenvalue weighted by Gasteiger charge is -2.34. The molecule has 0 aromatic heterocycles. The van der Waals surface area contributed by atoms with Gasteiger partial charge in [0.25, 0.3) is 0 Å². The van der Waals surface area contributed by atoms with Gasteiger partial charge >= 0.3 is 0 Å². The van der Waals surface area contributed by atoms with E-state index in [1.54, 1.807) is 0 Å². The largest absolute Gasteiger partial charge is 0.381 e. The highest BCUT2D eigenvalue weighted by atomic mass is 35.5. The number of rotatable bonds is 4. The molecule has 2 aliphatic heterocycles. The van der Waals surface area contributed by atoms with E-state index in [0.717, 1.165) is 52.2 Å². The fourth-order valence-electron chi connectivity index (χ4n) is 2.81. The summed E-state index contributed by atoms with van der Waals surface area (Å²) in [6.45, 7) is 7.31. The smallest absolute Gasteiger partial charge is 0.227 e. The van der Waals surface area contributed by atoms with Crippen molar-refractivity contribution in [2.75, 3.05) is 39.4 Å². The molecule has 0 aliphatic carbocycles. The number of halogens is 1. The van der Waals surface area contributed by atoms with Crippen molar-refractivity contribution >= 4 is 18.3 Å². The first kappa shape index (κ1) is 15.7. The molecule has 2 rings (SSSR count). The van der Waals surface area contributed by atoms with Crippen LogP contribution in [0.5, 0.6) is 0 Å². The molecule has 1 N–H and O–H groups in total. The summed E-state index contributed by atoms with van der Waals surface area (Å²) in [5, 5.41) is 3.27. The van der Waals surface area contributed by atoms with E-state index in [0.29, 0.717) is 11.8 Å². The van der Waals surface area contributed by atoms with Crippen molar-refractivity contribution in [1.29, 1.82) is 0 Å². The third-order valence-corrected chi connectivity index (χ3v) is 3.80. The van der Waals surface area contributed by atoms with Crippen LogP contribution in [0, 0.1) is 11.8 Å². The molecule has 0 bridgehead atoms. The van der Waals surface area contributed by atoms with Gasteiger partial charge in [0.15, 0.2) is 0 Å². The van der Waals surface area contributed by atoms with E-state index >= 15 is 0 Å². The number of ether oxygens (including phenoxy) is 1. The number of carbonyl (C=O) groups excluding carboxylic acids is 1. The van der Waals surface area contributed by atoms with Crippen LogP contribution in [-0.2, 0) is 9.53 Å². The van der Waals surface area contributed by atoms with Gasteiger partial charge in [0.1, 0.15) is 0 Å². The van der Waals surface area contributed by atoms with Crippen LogP contribution < -0.4 is 5.32 Å². The topological polar surface area (TPSA) is 41.6 Å². The number of hydrogen-bond acceptors (Lipinski definition) is 3. The van der Waals surface area contributed by atoms with Gasteiger partial charge in [-0.3, -0.25) is 4.79 Å². The molecule has 0 aromatic rings. The van der Waals surface area contributed by atoms with Gasteiger partial charge in [-0.05, 0) is 38.6 Å². The Kier molecular flexibility index (Phi) is 6.97.